The number of halogens is 6. The van der Waals surface area contributed by atoms with Gasteiger partial charge in [-0.3, -0.25) is 0 Å². The Kier molecular flexibility index (Phi) is 8.61. The van der Waals surface area contributed by atoms with Gasteiger partial charge < -0.3 is 0 Å². The second-order valence-corrected chi connectivity index (χ2v) is 10.1. The molecule has 0 aliphatic heterocycles. The van der Waals surface area contributed by atoms with Crippen molar-refractivity contribution >= 4 is 38.8 Å². The molecule has 29 heavy (non-hydrogen) atoms. The zero-order valence-corrected chi connectivity index (χ0v) is 18.3. The average molecular weight is 544 g/mol. The van der Waals surface area contributed by atoms with Crippen LogP contribution in [0.2, 0.25) is 0 Å². The van der Waals surface area contributed by atoms with Crippen molar-refractivity contribution in [3.8, 4) is 0 Å². The Morgan fingerprint density at radius 1 is 0.828 bits per heavy atom. The van der Waals surface area contributed by atoms with E-state index in [0.717, 1.165) is 37.7 Å². The summed E-state index contributed by atoms with van der Waals surface area (Å²) < 4.78 is 83.9. The predicted octanol–water partition coefficient (Wildman–Crippen LogP) is 4.13. The molecule has 0 saturated carbocycles. The maximum atomic E-state index is 12.7. The molecule has 0 aliphatic carbocycles. The van der Waals surface area contributed by atoms with Crippen LogP contribution in [0.1, 0.15) is 11.1 Å². The molecule has 0 atom stereocenters. The van der Waals surface area contributed by atoms with Crippen molar-refractivity contribution in [2.24, 2.45) is 0 Å². The molecule has 0 radical (unpaired) electrons. The van der Waals surface area contributed by atoms with E-state index in [9.17, 15) is 26.3 Å². The Morgan fingerprint density at radius 2 is 1.31 bits per heavy atom. The summed E-state index contributed by atoms with van der Waals surface area (Å²) in [7, 11) is 0. The fourth-order valence-corrected chi connectivity index (χ4v) is 6.02. The summed E-state index contributed by atoms with van der Waals surface area (Å²) >= 11 is -0.496. The number of ether oxygens (including phenoxy) is 1. The molecule has 156 valence electrons. The van der Waals surface area contributed by atoms with Crippen molar-refractivity contribution in [3.63, 3.8) is 0 Å². The van der Waals surface area contributed by atoms with Crippen LogP contribution in [-0.2, 0) is 17.1 Å². The first-order valence-corrected chi connectivity index (χ1v) is 11.7. The van der Waals surface area contributed by atoms with E-state index in [0.29, 0.717) is 6.61 Å². The van der Waals surface area contributed by atoms with Crippen molar-refractivity contribution in [3.05, 3.63) is 81.8 Å². The molecule has 0 aliphatic rings. The zero-order valence-electron chi connectivity index (χ0n) is 14.9. The van der Waals surface area contributed by atoms with Gasteiger partial charge in [0, 0.05) is 0 Å². The molecule has 2 aromatic carbocycles. The van der Waals surface area contributed by atoms with E-state index in [1.54, 1.807) is 6.08 Å². The third kappa shape index (κ3) is 8.03. The molecule has 0 unspecified atom stereocenters. The average Bonchev–Trinajstić information content (AvgIpc) is 2.65. The standard InChI is InChI=1S/C20H16F6OSe2/c1-2-11-27-12-18(29-17-9-5-15(6-10-17)20(24,25)26)13-28-16-7-3-14(4-8-16)19(21,22)23/h2-10,13H,1,11-12H2/b18-13+. The van der Waals surface area contributed by atoms with Gasteiger partial charge in [0.15, 0.2) is 0 Å². The molecule has 0 amide bonds. The van der Waals surface area contributed by atoms with Crippen LogP contribution in [0.5, 0.6) is 0 Å². The van der Waals surface area contributed by atoms with E-state index >= 15 is 0 Å². The van der Waals surface area contributed by atoms with Crippen LogP contribution < -0.4 is 8.92 Å². The van der Waals surface area contributed by atoms with E-state index in [1.165, 1.54) is 24.3 Å². The number of alkyl halides is 6. The minimum atomic E-state index is -4.39. The first-order chi connectivity index (χ1) is 13.6. The number of benzene rings is 2. The second kappa shape index (κ2) is 10.5. The number of rotatable bonds is 8. The second-order valence-electron chi connectivity index (χ2n) is 5.65. The van der Waals surface area contributed by atoms with E-state index in [2.05, 4.69) is 6.58 Å². The topological polar surface area (TPSA) is 9.23 Å². The quantitative estimate of drug-likeness (QED) is 0.210. The molecular formula is C20H16F6OSe2. The Hall–Kier alpha value is -1.50. The Balaban J connectivity index is 2.11. The SMILES string of the molecule is C=CCOC/C(=C\[Se]c1ccc(C(F)(F)F)cc1)[Se]c1ccc(C(F)(F)F)cc1. The van der Waals surface area contributed by atoms with Crippen molar-refractivity contribution in [2.45, 2.75) is 12.4 Å². The molecule has 0 bridgehead atoms. The maximum absolute atomic E-state index is 12.7. The van der Waals surface area contributed by atoms with Crippen molar-refractivity contribution < 1.29 is 31.1 Å². The van der Waals surface area contributed by atoms with Gasteiger partial charge in [-0.15, -0.1) is 0 Å². The first kappa shape index (κ1) is 23.8. The van der Waals surface area contributed by atoms with Gasteiger partial charge >= 0.3 is 177 Å². The molecule has 0 saturated heterocycles. The van der Waals surface area contributed by atoms with E-state index in [4.69, 9.17) is 4.74 Å². The monoisotopic (exact) mass is 546 g/mol. The molecule has 2 aromatic rings. The molecule has 2 rings (SSSR count). The van der Waals surface area contributed by atoms with Gasteiger partial charge in [-0.25, -0.2) is 0 Å². The minimum absolute atomic E-state index is 0.231. The molecule has 0 spiro atoms. The zero-order chi connectivity index (χ0) is 21.5. The van der Waals surface area contributed by atoms with E-state index in [1.807, 2.05) is 4.97 Å². The van der Waals surface area contributed by atoms with Gasteiger partial charge in [0.05, 0.1) is 0 Å². The summed E-state index contributed by atoms with van der Waals surface area (Å²) in [5.41, 5.74) is -1.41. The summed E-state index contributed by atoms with van der Waals surface area (Å²) in [5, 5.41) is 0. The van der Waals surface area contributed by atoms with Gasteiger partial charge in [0.2, 0.25) is 0 Å². The van der Waals surface area contributed by atoms with E-state index in [-0.39, 0.29) is 36.5 Å². The third-order valence-corrected chi connectivity index (χ3v) is 8.27. The van der Waals surface area contributed by atoms with Crippen molar-refractivity contribution in [1.82, 2.24) is 0 Å². The summed E-state index contributed by atoms with van der Waals surface area (Å²) in [5.74, 6) is 0. The van der Waals surface area contributed by atoms with Gasteiger partial charge in [0.1, 0.15) is 0 Å². The van der Waals surface area contributed by atoms with Crippen molar-refractivity contribution in [1.29, 1.82) is 0 Å². The summed E-state index contributed by atoms with van der Waals surface area (Å²) in [4.78, 5) is 1.91. The molecule has 0 aromatic heterocycles. The van der Waals surface area contributed by atoms with Crippen LogP contribution in [0.15, 0.2) is 70.6 Å². The van der Waals surface area contributed by atoms with Crippen LogP contribution in [0.3, 0.4) is 0 Å². The third-order valence-electron chi connectivity index (χ3n) is 3.42. The van der Waals surface area contributed by atoms with Gasteiger partial charge in [-0.1, -0.05) is 0 Å². The van der Waals surface area contributed by atoms with E-state index < -0.39 is 23.5 Å². The normalized spacial score (nSPS) is 12.8. The number of hydrogen-bond donors (Lipinski definition) is 0. The predicted molar refractivity (Wildman–Crippen MR) is 103 cm³/mol. The molecule has 1 nitrogen and oxygen atoms in total. The number of hydrogen-bond acceptors (Lipinski definition) is 1. The molecule has 9 heteroatoms. The molecule has 0 heterocycles. The molecule has 0 N–H and O–H groups in total. The Labute approximate surface area is 177 Å². The van der Waals surface area contributed by atoms with Crippen LogP contribution in [0, 0.1) is 0 Å². The summed E-state index contributed by atoms with van der Waals surface area (Å²) in [6.45, 7) is 4.18. The Bertz CT molecular complexity index is 824. The molecular weight excluding hydrogens is 528 g/mol. The van der Waals surface area contributed by atoms with Gasteiger partial charge in [-0.2, -0.15) is 0 Å². The molecule has 0 fully saturated rings. The Morgan fingerprint density at radius 3 is 1.76 bits per heavy atom. The van der Waals surface area contributed by atoms with Gasteiger partial charge in [0.25, 0.3) is 0 Å². The summed E-state index contributed by atoms with van der Waals surface area (Å²) in [6.07, 6.45) is -7.18. The first-order valence-electron chi connectivity index (χ1n) is 8.16. The van der Waals surface area contributed by atoms with Crippen LogP contribution >= 0.6 is 0 Å². The van der Waals surface area contributed by atoms with Gasteiger partial charge in [-0.05, 0) is 0 Å². The van der Waals surface area contributed by atoms with Crippen LogP contribution in [-0.4, -0.2) is 43.1 Å². The van der Waals surface area contributed by atoms with Crippen molar-refractivity contribution in [2.75, 3.05) is 13.2 Å². The van der Waals surface area contributed by atoms with Crippen LogP contribution in [0.25, 0.3) is 0 Å². The fraction of sp³-hybridized carbons (Fsp3) is 0.200. The van der Waals surface area contributed by atoms with Crippen LogP contribution in [0.4, 0.5) is 26.3 Å². The fourth-order valence-electron chi connectivity index (χ4n) is 2.05. The summed E-state index contributed by atoms with van der Waals surface area (Å²) in [6, 6.07) is 9.92.